The first-order chi connectivity index (χ1) is 11.7. The summed E-state index contributed by atoms with van der Waals surface area (Å²) in [6.45, 7) is 3.37. The van der Waals surface area contributed by atoms with Crippen LogP contribution in [0.25, 0.3) is 0 Å². The largest absolute Gasteiger partial charge is 0.497 e. The van der Waals surface area contributed by atoms with E-state index in [1.165, 1.54) is 7.11 Å². The number of alkyl halides is 1. The Morgan fingerprint density at radius 1 is 1.32 bits per heavy atom. The van der Waals surface area contributed by atoms with Gasteiger partial charge in [-0.15, -0.1) is 11.6 Å². The highest BCUT2D eigenvalue weighted by atomic mass is 35.5. The van der Waals surface area contributed by atoms with Crippen LogP contribution in [0.1, 0.15) is 25.3 Å². The number of ketones is 1. The first kappa shape index (κ1) is 17.9. The Morgan fingerprint density at radius 3 is 2.40 bits per heavy atom. The van der Waals surface area contributed by atoms with Crippen LogP contribution in [-0.2, 0) is 4.79 Å². The van der Waals surface area contributed by atoms with Gasteiger partial charge in [-0.25, -0.2) is 0 Å². The summed E-state index contributed by atoms with van der Waals surface area (Å²) in [5, 5.41) is 22.8. The van der Waals surface area contributed by atoms with Crippen molar-refractivity contribution in [1.29, 1.82) is 0 Å². The molecule has 0 amide bonds. The number of hydrogen-bond donors (Lipinski definition) is 1. The molecule has 7 heteroatoms. The molecule has 5 atom stereocenters. The van der Waals surface area contributed by atoms with Gasteiger partial charge in [0.25, 0.3) is 0 Å². The number of carbonyl (C=O) groups excluding carboxylic acids is 1. The number of nitro groups is 1. The molecule has 6 nitrogen and oxygen atoms in total. The minimum atomic E-state index is -1.92. The Labute approximate surface area is 150 Å². The average Bonchev–Trinajstić information content (AvgIpc) is 2.58. The number of ether oxygens (including phenoxy) is 1. The van der Waals surface area contributed by atoms with Gasteiger partial charge < -0.3 is 9.84 Å². The van der Waals surface area contributed by atoms with Crippen molar-refractivity contribution in [3.63, 3.8) is 0 Å². The molecule has 3 aliphatic rings. The smallest absolute Gasteiger partial charge is 0.230 e. The summed E-state index contributed by atoms with van der Waals surface area (Å²) in [5.74, 6) is -1.82. The number of rotatable bonds is 4. The van der Waals surface area contributed by atoms with E-state index in [1.807, 2.05) is 0 Å². The van der Waals surface area contributed by atoms with E-state index in [0.717, 1.165) is 0 Å². The number of Topliss-reactive ketones (excluding diaryl/α,β-unsaturated/α-hetero) is 1. The Kier molecular flexibility index (Phi) is 4.16. The zero-order valence-corrected chi connectivity index (χ0v) is 15.0. The molecule has 2 bridgehead atoms. The number of aliphatic hydroxyl groups is 1. The van der Waals surface area contributed by atoms with Crippen molar-refractivity contribution in [2.24, 2.45) is 11.3 Å². The molecule has 0 saturated heterocycles. The van der Waals surface area contributed by atoms with Crippen LogP contribution in [0.4, 0.5) is 0 Å². The van der Waals surface area contributed by atoms with Crippen LogP contribution >= 0.6 is 11.6 Å². The highest BCUT2D eigenvalue weighted by Gasteiger charge is 2.70. The molecule has 0 unspecified atom stereocenters. The van der Waals surface area contributed by atoms with E-state index < -0.39 is 39.6 Å². The minimum Gasteiger partial charge on any atom is -0.497 e. The molecule has 0 heterocycles. The minimum absolute atomic E-state index is 0.364. The third-order valence-electron chi connectivity index (χ3n) is 5.67. The lowest BCUT2D eigenvalue weighted by Crippen LogP contribution is -2.69. The molecule has 1 fully saturated rings. The molecule has 4 rings (SSSR count). The van der Waals surface area contributed by atoms with Crippen molar-refractivity contribution in [3.05, 3.63) is 51.6 Å². The zero-order chi connectivity index (χ0) is 18.6. The topological polar surface area (TPSA) is 89.7 Å². The van der Waals surface area contributed by atoms with Crippen LogP contribution in [0.15, 0.2) is 35.9 Å². The van der Waals surface area contributed by atoms with Crippen molar-refractivity contribution in [3.8, 4) is 5.75 Å². The summed E-state index contributed by atoms with van der Waals surface area (Å²) in [6, 6.07) is 5.77. The maximum absolute atomic E-state index is 13.1. The Morgan fingerprint density at radius 2 is 1.92 bits per heavy atom. The van der Waals surface area contributed by atoms with E-state index in [2.05, 4.69) is 0 Å². The van der Waals surface area contributed by atoms with Gasteiger partial charge in [-0.1, -0.05) is 23.8 Å². The number of halogens is 1. The van der Waals surface area contributed by atoms with Crippen LogP contribution in [-0.4, -0.2) is 40.4 Å². The zero-order valence-electron chi connectivity index (χ0n) is 14.2. The fourth-order valence-electron chi connectivity index (χ4n) is 4.68. The van der Waals surface area contributed by atoms with Crippen LogP contribution in [0.3, 0.4) is 0 Å². The Hall–Kier alpha value is -1.92. The van der Waals surface area contributed by atoms with Crippen molar-refractivity contribution < 1.29 is 19.6 Å². The second kappa shape index (κ2) is 5.81. The highest BCUT2D eigenvalue weighted by Crippen LogP contribution is 2.59. The number of methoxy groups -OCH3 is 1. The van der Waals surface area contributed by atoms with Crippen molar-refractivity contribution >= 4 is 17.4 Å². The molecule has 1 aromatic rings. The van der Waals surface area contributed by atoms with E-state index >= 15 is 0 Å². The van der Waals surface area contributed by atoms with E-state index in [-0.39, 0.29) is 5.88 Å². The molecule has 1 N–H and O–H groups in total. The molecule has 0 radical (unpaired) electrons. The van der Waals surface area contributed by atoms with Crippen molar-refractivity contribution in [1.82, 2.24) is 0 Å². The third kappa shape index (κ3) is 2.31. The van der Waals surface area contributed by atoms with Crippen molar-refractivity contribution in [2.45, 2.75) is 31.4 Å². The summed E-state index contributed by atoms with van der Waals surface area (Å²) >= 11 is 5.90. The lowest BCUT2D eigenvalue weighted by atomic mass is 9.48. The summed E-state index contributed by atoms with van der Waals surface area (Å²) in [4.78, 5) is 24.6. The average molecular weight is 366 g/mol. The third-order valence-corrected chi connectivity index (χ3v) is 6.07. The van der Waals surface area contributed by atoms with Crippen LogP contribution in [0.2, 0.25) is 0 Å². The molecule has 1 aromatic carbocycles. The predicted molar refractivity (Wildman–Crippen MR) is 92.5 cm³/mol. The standard InChI is InChI=1S/C18H20ClNO5/c1-10-8-17(2)14(11-4-6-12(25-3)7-5-11)15(20(23)24)13(10)18(22,9-19)16(17)21/h4-8,13-15,22H,9H2,1-3H3/t13-,14-,15+,17+,18+/m1/s1. The fourth-order valence-corrected chi connectivity index (χ4v) is 4.97. The fraction of sp³-hybridized carbons (Fsp3) is 0.500. The number of hydrogen-bond acceptors (Lipinski definition) is 5. The Bertz CT molecular complexity index is 761. The molecular formula is C18H20ClNO5. The quantitative estimate of drug-likeness (QED) is 0.383. The molecule has 25 heavy (non-hydrogen) atoms. The lowest BCUT2D eigenvalue weighted by molar-refractivity contribution is -0.544. The number of carbonyl (C=O) groups is 1. The first-order valence-corrected chi connectivity index (χ1v) is 8.54. The molecule has 3 aliphatic carbocycles. The van der Waals surface area contributed by atoms with Gasteiger partial charge in [-0.2, -0.15) is 0 Å². The van der Waals surface area contributed by atoms with E-state index in [1.54, 1.807) is 44.2 Å². The number of benzene rings is 1. The van der Waals surface area contributed by atoms with Gasteiger partial charge in [0.2, 0.25) is 6.04 Å². The molecule has 1 saturated carbocycles. The SMILES string of the molecule is COc1ccc([C@@H]2[C@@H]([N+](=O)[O-])[C@H]3C(C)=C[C@]2(C)C(=O)[C@]3(O)CCl)cc1. The van der Waals surface area contributed by atoms with Gasteiger partial charge in [0.05, 0.1) is 30.2 Å². The maximum atomic E-state index is 13.1. The second-order valence-electron chi connectivity index (χ2n) is 7.06. The van der Waals surface area contributed by atoms with Gasteiger partial charge in [0, 0.05) is 4.92 Å². The normalized spacial score (nSPS) is 36.9. The number of fused-ring (bicyclic) bond motifs is 2. The Balaban J connectivity index is 2.22. The summed E-state index contributed by atoms with van der Waals surface area (Å²) in [7, 11) is 1.54. The van der Waals surface area contributed by atoms with Crippen LogP contribution < -0.4 is 4.74 Å². The molecule has 0 aliphatic heterocycles. The van der Waals surface area contributed by atoms with E-state index in [9.17, 15) is 20.0 Å². The highest BCUT2D eigenvalue weighted by molar-refractivity contribution is 6.21. The molecule has 0 aromatic heterocycles. The number of allylic oxidation sites excluding steroid dienone is 1. The predicted octanol–water partition coefficient (Wildman–Crippen LogP) is 2.56. The molecular weight excluding hydrogens is 346 g/mol. The second-order valence-corrected chi connectivity index (χ2v) is 7.33. The van der Waals surface area contributed by atoms with Gasteiger partial charge in [0.15, 0.2) is 11.4 Å². The van der Waals surface area contributed by atoms with Gasteiger partial charge >= 0.3 is 0 Å². The lowest BCUT2D eigenvalue weighted by Gasteiger charge is -2.54. The summed E-state index contributed by atoms with van der Waals surface area (Å²) in [5.41, 5.74) is -1.81. The number of nitrogens with zero attached hydrogens (tertiary/aromatic N) is 1. The van der Waals surface area contributed by atoms with Gasteiger partial charge in [-0.3, -0.25) is 14.9 Å². The maximum Gasteiger partial charge on any atom is 0.230 e. The monoisotopic (exact) mass is 365 g/mol. The van der Waals surface area contributed by atoms with Crippen LogP contribution in [0, 0.1) is 21.4 Å². The first-order valence-electron chi connectivity index (χ1n) is 8.00. The van der Waals surface area contributed by atoms with Gasteiger partial charge in [-0.05, 0) is 31.5 Å². The summed E-state index contributed by atoms with van der Waals surface area (Å²) in [6.07, 6.45) is 1.76. The van der Waals surface area contributed by atoms with Gasteiger partial charge in [0.1, 0.15) is 5.75 Å². The molecule has 0 spiro atoms. The summed E-state index contributed by atoms with van der Waals surface area (Å²) < 4.78 is 5.14. The van der Waals surface area contributed by atoms with E-state index in [4.69, 9.17) is 16.3 Å². The van der Waals surface area contributed by atoms with Crippen molar-refractivity contribution in [2.75, 3.05) is 13.0 Å². The van der Waals surface area contributed by atoms with E-state index in [0.29, 0.717) is 16.9 Å². The molecule has 134 valence electrons. The van der Waals surface area contributed by atoms with Crippen LogP contribution in [0.5, 0.6) is 5.75 Å².